The molecule has 2 heterocycles. The van der Waals surface area contributed by atoms with Gasteiger partial charge in [-0.3, -0.25) is 0 Å². The van der Waals surface area contributed by atoms with Gasteiger partial charge in [0, 0.05) is 24.4 Å². The Labute approximate surface area is 124 Å². The van der Waals surface area contributed by atoms with Gasteiger partial charge in [0.15, 0.2) is 5.82 Å². The van der Waals surface area contributed by atoms with Gasteiger partial charge in [0.1, 0.15) is 5.52 Å². The van der Waals surface area contributed by atoms with E-state index in [1.54, 1.807) is 12.4 Å². The summed E-state index contributed by atoms with van der Waals surface area (Å²) in [4.78, 5) is 4.42. The fourth-order valence-corrected chi connectivity index (χ4v) is 4.44. The molecule has 5 heteroatoms. The molecular formula is C16H22N4O. The average Bonchev–Trinajstić information content (AvgIpc) is 3.19. The van der Waals surface area contributed by atoms with Crippen molar-refractivity contribution >= 4 is 11.3 Å². The second-order valence-electron chi connectivity index (χ2n) is 6.81. The zero-order chi connectivity index (χ0) is 14.3. The highest BCUT2D eigenvalue weighted by molar-refractivity contribution is 5.66. The molecule has 5 nitrogen and oxygen atoms in total. The van der Waals surface area contributed by atoms with E-state index >= 15 is 0 Å². The zero-order valence-corrected chi connectivity index (χ0v) is 12.2. The quantitative estimate of drug-likeness (QED) is 0.905. The van der Waals surface area contributed by atoms with Crippen LogP contribution >= 0.6 is 0 Å². The van der Waals surface area contributed by atoms with Crippen molar-refractivity contribution in [3.8, 4) is 0 Å². The van der Waals surface area contributed by atoms with Crippen molar-refractivity contribution in [2.45, 2.75) is 32.1 Å². The Balaban J connectivity index is 1.51. The third-order valence-corrected chi connectivity index (χ3v) is 5.50. The molecule has 0 radical (unpaired) electrons. The summed E-state index contributed by atoms with van der Waals surface area (Å²) in [5.41, 5.74) is 1.02. The highest BCUT2D eigenvalue weighted by Crippen LogP contribution is 2.52. The molecule has 112 valence electrons. The van der Waals surface area contributed by atoms with Crippen LogP contribution in [0.4, 0.5) is 5.82 Å². The number of nitrogens with zero attached hydrogens (tertiary/aromatic N) is 3. The zero-order valence-electron chi connectivity index (χ0n) is 12.2. The standard InChI is InChI=1S/C16H22N4O/c21-11-16(8-12-2-1-3-13(12)9-16)10-18-15-14-4-5-19-20(14)7-6-17-15/h4-7,12-13,21H,1-3,8-11H2,(H,17,18). The van der Waals surface area contributed by atoms with Gasteiger partial charge in [-0.1, -0.05) is 19.3 Å². The Kier molecular flexibility index (Phi) is 3.10. The fourth-order valence-electron chi connectivity index (χ4n) is 4.44. The lowest BCUT2D eigenvalue weighted by molar-refractivity contribution is 0.133. The van der Waals surface area contributed by atoms with Gasteiger partial charge in [-0.25, -0.2) is 9.50 Å². The molecule has 0 bridgehead atoms. The highest BCUT2D eigenvalue weighted by Gasteiger charge is 2.46. The Morgan fingerprint density at radius 2 is 2.10 bits per heavy atom. The first-order chi connectivity index (χ1) is 10.3. The molecule has 2 unspecified atom stereocenters. The van der Waals surface area contributed by atoms with E-state index < -0.39 is 0 Å². The molecule has 2 aromatic rings. The van der Waals surface area contributed by atoms with Crippen LogP contribution in [0.15, 0.2) is 24.7 Å². The lowest BCUT2D eigenvalue weighted by Gasteiger charge is -2.28. The van der Waals surface area contributed by atoms with Crippen molar-refractivity contribution in [1.82, 2.24) is 14.6 Å². The molecule has 2 N–H and O–H groups in total. The van der Waals surface area contributed by atoms with Crippen LogP contribution in [0.25, 0.3) is 5.52 Å². The van der Waals surface area contributed by atoms with E-state index in [-0.39, 0.29) is 12.0 Å². The predicted octanol–water partition coefficient (Wildman–Crippen LogP) is 2.33. The molecule has 21 heavy (non-hydrogen) atoms. The Hall–Kier alpha value is -1.62. The van der Waals surface area contributed by atoms with E-state index in [2.05, 4.69) is 15.4 Å². The maximum atomic E-state index is 9.95. The summed E-state index contributed by atoms with van der Waals surface area (Å²) in [6.45, 7) is 1.07. The molecular weight excluding hydrogens is 264 g/mol. The fraction of sp³-hybridized carbons (Fsp3) is 0.625. The number of anilines is 1. The summed E-state index contributed by atoms with van der Waals surface area (Å²) in [6, 6.07) is 1.96. The minimum Gasteiger partial charge on any atom is -0.396 e. The SMILES string of the molecule is OCC1(CNc2nccn3nccc23)CC2CCCC2C1. The van der Waals surface area contributed by atoms with Crippen molar-refractivity contribution in [1.29, 1.82) is 0 Å². The first-order valence-electron chi connectivity index (χ1n) is 7.93. The van der Waals surface area contributed by atoms with E-state index in [1.165, 1.54) is 19.3 Å². The number of fused-ring (bicyclic) bond motifs is 2. The number of nitrogens with one attached hydrogen (secondary N) is 1. The second kappa shape index (κ2) is 4.98. The Morgan fingerprint density at radius 3 is 2.86 bits per heavy atom. The second-order valence-corrected chi connectivity index (χ2v) is 6.81. The van der Waals surface area contributed by atoms with Gasteiger partial charge in [0.2, 0.25) is 0 Å². The minimum atomic E-state index is 0.0320. The first kappa shape index (κ1) is 13.1. The lowest BCUT2D eigenvalue weighted by Crippen LogP contribution is -2.32. The molecule has 2 aromatic heterocycles. The van der Waals surface area contributed by atoms with Crippen LogP contribution in [0.1, 0.15) is 32.1 Å². The summed E-state index contributed by atoms with van der Waals surface area (Å²) < 4.78 is 1.82. The van der Waals surface area contributed by atoms with E-state index in [1.807, 2.05) is 16.8 Å². The van der Waals surface area contributed by atoms with Crippen LogP contribution in [-0.2, 0) is 0 Å². The van der Waals surface area contributed by atoms with Crippen LogP contribution < -0.4 is 5.32 Å². The van der Waals surface area contributed by atoms with Gasteiger partial charge in [-0.2, -0.15) is 5.10 Å². The average molecular weight is 286 g/mol. The smallest absolute Gasteiger partial charge is 0.152 e. The number of aliphatic hydroxyl groups is 1. The topological polar surface area (TPSA) is 62.5 Å². The number of aromatic nitrogens is 3. The molecule has 4 rings (SSSR count). The van der Waals surface area contributed by atoms with Gasteiger partial charge in [-0.15, -0.1) is 0 Å². The van der Waals surface area contributed by atoms with E-state index in [4.69, 9.17) is 0 Å². The molecule has 2 aliphatic rings. The number of hydrogen-bond donors (Lipinski definition) is 2. The normalized spacial score (nSPS) is 31.7. The van der Waals surface area contributed by atoms with E-state index in [0.29, 0.717) is 0 Å². The molecule has 2 fully saturated rings. The molecule has 2 atom stereocenters. The largest absolute Gasteiger partial charge is 0.396 e. The molecule has 0 spiro atoms. The molecule has 0 amide bonds. The van der Waals surface area contributed by atoms with Gasteiger partial charge in [0.05, 0.1) is 12.8 Å². The van der Waals surface area contributed by atoms with Gasteiger partial charge >= 0.3 is 0 Å². The number of hydrogen-bond acceptors (Lipinski definition) is 4. The van der Waals surface area contributed by atoms with E-state index in [0.717, 1.165) is 42.6 Å². The van der Waals surface area contributed by atoms with Crippen LogP contribution in [0.5, 0.6) is 0 Å². The summed E-state index contributed by atoms with van der Waals surface area (Å²) in [5.74, 6) is 2.52. The van der Waals surface area contributed by atoms with Crippen LogP contribution in [0.2, 0.25) is 0 Å². The first-order valence-corrected chi connectivity index (χ1v) is 7.93. The molecule has 0 saturated heterocycles. The number of rotatable bonds is 4. The monoisotopic (exact) mass is 286 g/mol. The van der Waals surface area contributed by atoms with Crippen molar-refractivity contribution in [2.24, 2.45) is 17.3 Å². The lowest BCUT2D eigenvalue weighted by atomic mass is 9.84. The summed E-state index contributed by atoms with van der Waals surface area (Å²) in [7, 11) is 0. The summed E-state index contributed by atoms with van der Waals surface area (Å²) in [5, 5.41) is 17.6. The third kappa shape index (κ3) is 2.20. The van der Waals surface area contributed by atoms with Crippen LogP contribution in [0.3, 0.4) is 0 Å². The van der Waals surface area contributed by atoms with Crippen molar-refractivity contribution in [2.75, 3.05) is 18.5 Å². The van der Waals surface area contributed by atoms with Crippen molar-refractivity contribution in [3.05, 3.63) is 24.7 Å². The van der Waals surface area contributed by atoms with Crippen molar-refractivity contribution < 1.29 is 5.11 Å². The van der Waals surface area contributed by atoms with E-state index in [9.17, 15) is 5.11 Å². The van der Waals surface area contributed by atoms with Crippen molar-refractivity contribution in [3.63, 3.8) is 0 Å². The number of aliphatic hydroxyl groups excluding tert-OH is 1. The van der Waals surface area contributed by atoms with Crippen LogP contribution in [-0.4, -0.2) is 32.9 Å². The molecule has 0 aromatic carbocycles. The molecule has 2 aliphatic carbocycles. The summed E-state index contributed by atoms with van der Waals surface area (Å²) >= 11 is 0. The maximum absolute atomic E-state index is 9.95. The van der Waals surface area contributed by atoms with Crippen LogP contribution in [0, 0.1) is 17.3 Å². The van der Waals surface area contributed by atoms with Gasteiger partial charge in [0.25, 0.3) is 0 Å². The third-order valence-electron chi connectivity index (χ3n) is 5.50. The van der Waals surface area contributed by atoms with Gasteiger partial charge in [-0.05, 0) is 30.7 Å². The summed E-state index contributed by atoms with van der Waals surface area (Å²) in [6.07, 6.45) is 11.8. The maximum Gasteiger partial charge on any atom is 0.152 e. The molecule has 0 aliphatic heterocycles. The highest BCUT2D eigenvalue weighted by atomic mass is 16.3. The van der Waals surface area contributed by atoms with Gasteiger partial charge < -0.3 is 10.4 Å². The predicted molar refractivity (Wildman–Crippen MR) is 81.1 cm³/mol. The molecule has 2 saturated carbocycles. The Morgan fingerprint density at radius 1 is 1.29 bits per heavy atom. The minimum absolute atomic E-state index is 0.0320. The Bertz CT molecular complexity index is 626.